The molecule has 1 aromatic heterocycles. The van der Waals surface area contributed by atoms with Gasteiger partial charge in [0.1, 0.15) is 0 Å². The number of fused-ring (bicyclic) bond motifs is 1. The molecule has 0 unspecified atom stereocenters. The van der Waals surface area contributed by atoms with Crippen molar-refractivity contribution in [1.29, 1.82) is 0 Å². The second kappa shape index (κ2) is 4.14. The summed E-state index contributed by atoms with van der Waals surface area (Å²) in [5, 5.41) is 0.593. The summed E-state index contributed by atoms with van der Waals surface area (Å²) in [5.74, 6) is 0. The molecule has 0 aliphatic rings. The lowest BCUT2D eigenvalue weighted by molar-refractivity contribution is -0.136. The van der Waals surface area contributed by atoms with Crippen molar-refractivity contribution < 1.29 is 13.2 Å². The van der Waals surface area contributed by atoms with Crippen LogP contribution in [0.15, 0.2) is 22.8 Å². The largest absolute Gasteiger partial charge is 0.418 e. The van der Waals surface area contributed by atoms with Crippen LogP contribution in [0.1, 0.15) is 11.1 Å². The fourth-order valence-electron chi connectivity index (χ4n) is 1.55. The fourth-order valence-corrected chi connectivity index (χ4v) is 2.20. The van der Waals surface area contributed by atoms with Crippen molar-refractivity contribution in [2.24, 2.45) is 0 Å². The molecule has 0 N–H and O–H groups in total. The van der Waals surface area contributed by atoms with Crippen molar-refractivity contribution in [2.45, 2.75) is 13.1 Å². The molecule has 2 rings (SSSR count). The minimum Gasteiger partial charge on any atom is -0.255 e. The van der Waals surface area contributed by atoms with Crippen molar-refractivity contribution in [1.82, 2.24) is 4.98 Å². The van der Waals surface area contributed by atoms with E-state index >= 15 is 0 Å². The summed E-state index contributed by atoms with van der Waals surface area (Å²) in [5.41, 5.74) is -0.273. The van der Waals surface area contributed by atoms with Gasteiger partial charge in [-0.15, -0.1) is 0 Å². The maximum absolute atomic E-state index is 12.8. The third kappa shape index (κ3) is 2.26. The molecule has 0 bridgehead atoms. The molecule has 6 heteroatoms. The van der Waals surface area contributed by atoms with Gasteiger partial charge < -0.3 is 0 Å². The summed E-state index contributed by atoms with van der Waals surface area (Å²) in [6, 6.07) is 2.54. The molecule has 0 spiro atoms. The molecule has 17 heavy (non-hydrogen) atoms. The van der Waals surface area contributed by atoms with Crippen LogP contribution in [0.2, 0.25) is 5.02 Å². The molecule has 1 nitrogen and oxygen atoms in total. The third-order valence-electron chi connectivity index (χ3n) is 2.35. The van der Waals surface area contributed by atoms with Crippen molar-refractivity contribution in [2.75, 3.05) is 0 Å². The molecule has 0 saturated carbocycles. The Morgan fingerprint density at radius 1 is 1.29 bits per heavy atom. The van der Waals surface area contributed by atoms with Gasteiger partial charge in [-0.05, 0) is 24.6 Å². The van der Waals surface area contributed by atoms with E-state index in [0.717, 1.165) is 6.07 Å². The molecule has 0 fully saturated rings. The summed E-state index contributed by atoms with van der Waals surface area (Å²) >= 11 is 9.04. The Labute approximate surface area is 109 Å². The van der Waals surface area contributed by atoms with Gasteiger partial charge in [-0.2, -0.15) is 13.2 Å². The van der Waals surface area contributed by atoms with Crippen LogP contribution in [0.25, 0.3) is 10.9 Å². The zero-order chi connectivity index (χ0) is 12.8. The minimum atomic E-state index is -4.45. The number of alkyl halides is 3. The van der Waals surface area contributed by atoms with Crippen molar-refractivity contribution in [3.05, 3.63) is 39.0 Å². The van der Waals surface area contributed by atoms with E-state index in [-0.39, 0.29) is 5.52 Å². The first-order chi connectivity index (χ1) is 7.80. The highest BCUT2D eigenvalue weighted by molar-refractivity contribution is 9.10. The second-order valence-electron chi connectivity index (χ2n) is 3.60. The SMILES string of the molecule is Cc1cnc2c(C(F)(F)F)cc(Br)cc2c1Cl. The second-order valence-corrected chi connectivity index (χ2v) is 4.90. The van der Waals surface area contributed by atoms with Crippen LogP contribution in [0.5, 0.6) is 0 Å². The molecule has 0 aliphatic carbocycles. The van der Waals surface area contributed by atoms with Crippen LogP contribution >= 0.6 is 27.5 Å². The Morgan fingerprint density at radius 3 is 2.53 bits per heavy atom. The van der Waals surface area contributed by atoms with E-state index in [0.29, 0.717) is 20.4 Å². The number of benzene rings is 1. The van der Waals surface area contributed by atoms with Gasteiger partial charge in [0, 0.05) is 16.1 Å². The standard InChI is InChI=1S/C11H6BrClF3N/c1-5-4-17-10-7(9(5)13)2-6(12)3-8(10)11(14,15)16/h2-4H,1H3. The van der Waals surface area contributed by atoms with Gasteiger partial charge in [0.15, 0.2) is 0 Å². The van der Waals surface area contributed by atoms with Crippen LogP contribution < -0.4 is 0 Å². The minimum absolute atomic E-state index is 0.128. The van der Waals surface area contributed by atoms with Crippen molar-refractivity contribution >= 4 is 38.4 Å². The number of nitrogens with zero attached hydrogens (tertiary/aromatic N) is 1. The van der Waals surface area contributed by atoms with Gasteiger partial charge in [0.05, 0.1) is 16.1 Å². The summed E-state index contributed by atoms with van der Waals surface area (Å²) in [4.78, 5) is 3.82. The monoisotopic (exact) mass is 323 g/mol. The lowest BCUT2D eigenvalue weighted by atomic mass is 10.1. The highest BCUT2D eigenvalue weighted by Crippen LogP contribution is 2.38. The molecule has 90 valence electrons. The lowest BCUT2D eigenvalue weighted by Gasteiger charge is -2.12. The average Bonchev–Trinajstić information content (AvgIpc) is 2.22. The first-order valence-electron chi connectivity index (χ1n) is 4.62. The normalized spacial score (nSPS) is 12.1. The molecule has 0 aliphatic heterocycles. The smallest absolute Gasteiger partial charge is 0.255 e. The Bertz CT molecular complexity index is 595. The third-order valence-corrected chi connectivity index (χ3v) is 3.31. The first kappa shape index (κ1) is 12.6. The summed E-state index contributed by atoms with van der Waals surface area (Å²) in [7, 11) is 0. The van der Waals surface area contributed by atoms with Crippen LogP contribution in [0.4, 0.5) is 13.2 Å². The summed E-state index contributed by atoms with van der Waals surface area (Å²) < 4.78 is 38.8. The Hall–Kier alpha value is -0.810. The van der Waals surface area contributed by atoms with E-state index in [4.69, 9.17) is 11.6 Å². The topological polar surface area (TPSA) is 12.9 Å². The highest BCUT2D eigenvalue weighted by Gasteiger charge is 2.34. The highest BCUT2D eigenvalue weighted by atomic mass is 79.9. The van der Waals surface area contributed by atoms with Crippen LogP contribution in [-0.2, 0) is 6.18 Å². The first-order valence-corrected chi connectivity index (χ1v) is 5.79. The molecule has 0 saturated heterocycles. The Morgan fingerprint density at radius 2 is 1.94 bits per heavy atom. The Balaban J connectivity index is 2.92. The van der Waals surface area contributed by atoms with Crippen LogP contribution in [-0.4, -0.2) is 4.98 Å². The van der Waals surface area contributed by atoms with Crippen molar-refractivity contribution in [3.63, 3.8) is 0 Å². The van der Waals surface area contributed by atoms with E-state index in [1.807, 2.05) is 0 Å². The number of halogens is 5. The van der Waals surface area contributed by atoms with E-state index in [9.17, 15) is 13.2 Å². The van der Waals surface area contributed by atoms with E-state index in [2.05, 4.69) is 20.9 Å². The van der Waals surface area contributed by atoms with Gasteiger partial charge in [-0.1, -0.05) is 27.5 Å². The molecule has 1 heterocycles. The predicted octanol–water partition coefficient (Wildman–Crippen LogP) is 4.98. The molecule has 0 amide bonds. The maximum atomic E-state index is 12.8. The van der Waals surface area contributed by atoms with E-state index in [1.165, 1.54) is 12.3 Å². The van der Waals surface area contributed by atoms with Crippen molar-refractivity contribution in [3.8, 4) is 0 Å². The van der Waals surface area contributed by atoms with Crippen LogP contribution in [0, 0.1) is 6.92 Å². The molecular formula is C11H6BrClF3N. The Kier molecular flexibility index (Phi) is 3.08. The van der Waals surface area contributed by atoms with Gasteiger partial charge in [0.2, 0.25) is 0 Å². The molecule has 0 radical (unpaired) electrons. The summed E-state index contributed by atoms with van der Waals surface area (Å²) in [6.45, 7) is 1.70. The number of pyridine rings is 1. The van der Waals surface area contributed by atoms with Crippen LogP contribution in [0.3, 0.4) is 0 Å². The average molecular weight is 325 g/mol. The van der Waals surface area contributed by atoms with E-state index in [1.54, 1.807) is 6.92 Å². The molecular weight excluding hydrogens is 318 g/mol. The molecule has 1 aromatic carbocycles. The molecule has 2 aromatic rings. The zero-order valence-corrected chi connectivity index (χ0v) is 10.9. The molecule has 0 atom stereocenters. The number of hydrogen-bond donors (Lipinski definition) is 0. The maximum Gasteiger partial charge on any atom is 0.418 e. The lowest BCUT2D eigenvalue weighted by Crippen LogP contribution is -2.07. The zero-order valence-electron chi connectivity index (χ0n) is 8.57. The van der Waals surface area contributed by atoms with E-state index < -0.39 is 11.7 Å². The van der Waals surface area contributed by atoms with Gasteiger partial charge in [-0.3, -0.25) is 4.98 Å². The number of aryl methyl sites for hydroxylation is 1. The number of aromatic nitrogens is 1. The van der Waals surface area contributed by atoms with Gasteiger partial charge in [0.25, 0.3) is 0 Å². The quantitative estimate of drug-likeness (QED) is 0.666. The number of hydrogen-bond acceptors (Lipinski definition) is 1. The fraction of sp³-hybridized carbons (Fsp3) is 0.182. The predicted molar refractivity (Wildman–Crippen MR) is 64.2 cm³/mol. The van der Waals surface area contributed by atoms with Gasteiger partial charge in [-0.25, -0.2) is 0 Å². The number of rotatable bonds is 0. The van der Waals surface area contributed by atoms with Gasteiger partial charge >= 0.3 is 6.18 Å². The summed E-state index contributed by atoms with van der Waals surface area (Å²) in [6.07, 6.45) is -3.11.